The highest BCUT2D eigenvalue weighted by Gasteiger charge is 2.26. The number of hydrogen-bond donors (Lipinski definition) is 0. The van der Waals surface area contributed by atoms with Gasteiger partial charge >= 0.3 is 5.97 Å². The van der Waals surface area contributed by atoms with Crippen molar-refractivity contribution in [1.29, 1.82) is 0 Å². The molecule has 160 valence electrons. The maximum absolute atomic E-state index is 13.3. The largest absolute Gasteiger partial charge is 0.452 e. The van der Waals surface area contributed by atoms with E-state index < -0.39 is 5.97 Å². The third-order valence-corrected chi connectivity index (χ3v) is 5.80. The van der Waals surface area contributed by atoms with Crippen LogP contribution >= 0.6 is 0 Å². The fourth-order valence-corrected chi connectivity index (χ4v) is 4.24. The number of hydrogen-bond acceptors (Lipinski definition) is 5. The summed E-state index contributed by atoms with van der Waals surface area (Å²) in [4.78, 5) is 32.0. The Kier molecular flexibility index (Phi) is 4.93. The molecule has 5 rings (SSSR count). The summed E-state index contributed by atoms with van der Waals surface area (Å²) < 4.78 is 7.08. The highest BCUT2D eigenvalue weighted by molar-refractivity contribution is 6.04. The van der Waals surface area contributed by atoms with Crippen molar-refractivity contribution in [2.24, 2.45) is 7.05 Å². The van der Waals surface area contributed by atoms with E-state index in [-0.39, 0.29) is 18.1 Å². The zero-order valence-corrected chi connectivity index (χ0v) is 17.9. The Labute approximate surface area is 185 Å². The molecule has 7 nitrogen and oxygen atoms in total. The first-order valence-corrected chi connectivity index (χ1v) is 10.5. The van der Waals surface area contributed by atoms with Gasteiger partial charge in [-0.15, -0.1) is 0 Å². The second-order valence-electron chi connectivity index (χ2n) is 7.87. The highest BCUT2D eigenvalue weighted by Crippen LogP contribution is 2.36. The lowest BCUT2D eigenvalue weighted by Crippen LogP contribution is -2.31. The van der Waals surface area contributed by atoms with E-state index >= 15 is 0 Å². The monoisotopic (exact) mass is 426 g/mol. The van der Waals surface area contributed by atoms with Gasteiger partial charge in [-0.25, -0.2) is 9.78 Å². The fraction of sp³-hybridized carbons (Fsp3) is 0.200. The molecule has 0 radical (unpaired) electrons. The zero-order chi connectivity index (χ0) is 22.2. The van der Waals surface area contributed by atoms with Crippen LogP contribution in [0.4, 0.5) is 11.4 Å². The quantitative estimate of drug-likeness (QED) is 0.465. The van der Waals surface area contributed by atoms with Crippen LogP contribution in [0.5, 0.6) is 0 Å². The van der Waals surface area contributed by atoms with Crippen molar-refractivity contribution in [2.75, 3.05) is 11.5 Å². The topological polar surface area (TPSA) is 77.3 Å². The molecule has 0 N–H and O–H groups in total. The molecule has 0 fully saturated rings. The van der Waals surface area contributed by atoms with Gasteiger partial charge in [0, 0.05) is 18.6 Å². The first-order chi connectivity index (χ1) is 15.5. The Morgan fingerprint density at radius 1 is 1.00 bits per heavy atom. The number of aryl methyl sites for hydroxylation is 4. The first kappa shape index (κ1) is 19.9. The standard InChI is InChI=1S/C25H22N4O3/c1-16-20-13-19(14-26-24(20)28(2)27-16)25(31)32-15-23(30)29-21-9-5-3-7-17(21)11-12-18-8-4-6-10-22(18)29/h3-10,13-14H,11-12,15H2,1-2H3. The molecule has 0 saturated carbocycles. The van der Waals surface area contributed by atoms with E-state index in [4.69, 9.17) is 4.74 Å². The molecule has 0 saturated heterocycles. The third kappa shape index (κ3) is 3.41. The van der Waals surface area contributed by atoms with Crippen molar-refractivity contribution in [3.05, 3.63) is 83.2 Å². The van der Waals surface area contributed by atoms with E-state index in [9.17, 15) is 9.59 Å². The molecule has 1 aliphatic heterocycles. The molecule has 2 aromatic heterocycles. The number of carbonyl (C=O) groups is 2. The lowest BCUT2D eigenvalue weighted by Gasteiger charge is -2.24. The van der Waals surface area contributed by atoms with Crippen molar-refractivity contribution in [3.8, 4) is 0 Å². The Morgan fingerprint density at radius 2 is 1.62 bits per heavy atom. The van der Waals surface area contributed by atoms with Crippen LogP contribution in [0.3, 0.4) is 0 Å². The minimum absolute atomic E-state index is 0.290. The number of ether oxygens (including phenoxy) is 1. The number of fused-ring (bicyclic) bond motifs is 3. The Balaban J connectivity index is 1.41. The number of pyridine rings is 1. The molecule has 3 heterocycles. The van der Waals surface area contributed by atoms with Gasteiger partial charge in [-0.2, -0.15) is 5.10 Å². The van der Waals surface area contributed by atoms with E-state index in [1.54, 1.807) is 22.7 Å². The number of para-hydroxylation sites is 2. The molecule has 1 aliphatic rings. The molecular formula is C25H22N4O3. The summed E-state index contributed by atoms with van der Waals surface area (Å²) in [5.74, 6) is -0.890. The minimum atomic E-state index is -0.590. The van der Waals surface area contributed by atoms with Gasteiger partial charge in [0.15, 0.2) is 12.3 Å². The van der Waals surface area contributed by atoms with Crippen LogP contribution in [-0.4, -0.2) is 33.2 Å². The van der Waals surface area contributed by atoms with E-state index in [1.807, 2.05) is 55.5 Å². The predicted molar refractivity (Wildman–Crippen MR) is 121 cm³/mol. The van der Waals surface area contributed by atoms with Crippen LogP contribution in [0.2, 0.25) is 0 Å². The molecule has 0 aliphatic carbocycles. The van der Waals surface area contributed by atoms with Crippen LogP contribution in [0.15, 0.2) is 60.8 Å². The van der Waals surface area contributed by atoms with Crippen LogP contribution in [0, 0.1) is 6.92 Å². The van der Waals surface area contributed by atoms with E-state index in [0.29, 0.717) is 5.65 Å². The van der Waals surface area contributed by atoms with Gasteiger partial charge in [0.05, 0.1) is 22.6 Å². The highest BCUT2D eigenvalue weighted by atomic mass is 16.5. The van der Waals surface area contributed by atoms with Gasteiger partial charge in [-0.1, -0.05) is 36.4 Å². The molecule has 1 amide bonds. The van der Waals surface area contributed by atoms with Gasteiger partial charge < -0.3 is 4.74 Å². The number of aromatic nitrogens is 3. The third-order valence-electron chi connectivity index (χ3n) is 5.80. The average molecular weight is 426 g/mol. The zero-order valence-electron chi connectivity index (χ0n) is 17.9. The van der Waals surface area contributed by atoms with Crippen molar-refractivity contribution in [2.45, 2.75) is 19.8 Å². The van der Waals surface area contributed by atoms with Gasteiger partial charge in [-0.05, 0) is 49.1 Å². The summed E-state index contributed by atoms with van der Waals surface area (Å²) in [6, 6.07) is 17.4. The van der Waals surface area contributed by atoms with Crippen LogP contribution < -0.4 is 4.90 Å². The summed E-state index contributed by atoms with van der Waals surface area (Å²) in [5, 5.41) is 5.10. The number of amides is 1. The maximum Gasteiger partial charge on any atom is 0.340 e. The maximum atomic E-state index is 13.3. The minimum Gasteiger partial charge on any atom is -0.452 e. The molecule has 7 heteroatoms. The number of rotatable bonds is 3. The van der Waals surface area contributed by atoms with E-state index in [1.165, 1.54) is 6.20 Å². The molecule has 0 bridgehead atoms. The SMILES string of the molecule is Cc1nn(C)c2ncc(C(=O)OCC(=O)N3c4ccccc4CCc4ccccc43)cc12. The Morgan fingerprint density at radius 3 is 2.28 bits per heavy atom. The number of anilines is 2. The van der Waals surface area contributed by atoms with Gasteiger partial charge in [0.25, 0.3) is 5.91 Å². The molecule has 32 heavy (non-hydrogen) atoms. The summed E-state index contributed by atoms with van der Waals surface area (Å²) in [6.45, 7) is 1.49. The molecule has 0 spiro atoms. The summed E-state index contributed by atoms with van der Waals surface area (Å²) in [7, 11) is 1.80. The van der Waals surface area contributed by atoms with Gasteiger partial charge in [0.2, 0.25) is 0 Å². The molecule has 4 aromatic rings. The average Bonchev–Trinajstić information content (AvgIpc) is 3.00. The molecule has 0 unspecified atom stereocenters. The van der Waals surface area contributed by atoms with Crippen LogP contribution in [-0.2, 0) is 29.4 Å². The number of benzene rings is 2. The normalized spacial score (nSPS) is 12.8. The van der Waals surface area contributed by atoms with E-state index in [2.05, 4.69) is 10.1 Å². The lowest BCUT2D eigenvalue weighted by molar-refractivity contribution is -0.120. The van der Waals surface area contributed by atoms with Crippen molar-refractivity contribution in [1.82, 2.24) is 14.8 Å². The second kappa shape index (κ2) is 7.92. The summed E-state index contributed by atoms with van der Waals surface area (Å²) in [5.41, 5.74) is 5.58. The van der Waals surface area contributed by atoms with Crippen LogP contribution in [0.1, 0.15) is 27.2 Å². The van der Waals surface area contributed by atoms with Crippen molar-refractivity contribution in [3.63, 3.8) is 0 Å². The van der Waals surface area contributed by atoms with Crippen molar-refractivity contribution < 1.29 is 14.3 Å². The summed E-state index contributed by atoms with van der Waals surface area (Å²) >= 11 is 0. The number of carbonyl (C=O) groups excluding carboxylic acids is 2. The smallest absolute Gasteiger partial charge is 0.340 e. The molecular weight excluding hydrogens is 404 g/mol. The molecule has 0 atom stereocenters. The predicted octanol–water partition coefficient (Wildman–Crippen LogP) is 3.90. The first-order valence-electron chi connectivity index (χ1n) is 10.5. The molecule has 2 aromatic carbocycles. The van der Waals surface area contributed by atoms with Crippen molar-refractivity contribution >= 4 is 34.3 Å². The lowest BCUT2D eigenvalue weighted by atomic mass is 10.0. The van der Waals surface area contributed by atoms with Gasteiger partial charge in [0.1, 0.15) is 0 Å². The van der Waals surface area contributed by atoms with Gasteiger partial charge in [-0.3, -0.25) is 14.4 Å². The Hall–Kier alpha value is -4.00. The van der Waals surface area contributed by atoms with E-state index in [0.717, 1.165) is 46.4 Å². The fourth-order valence-electron chi connectivity index (χ4n) is 4.24. The van der Waals surface area contributed by atoms with Crippen LogP contribution in [0.25, 0.3) is 11.0 Å². The summed E-state index contributed by atoms with van der Waals surface area (Å²) in [6.07, 6.45) is 3.13. The number of esters is 1. The Bertz CT molecular complexity index is 1310. The second-order valence-corrected chi connectivity index (χ2v) is 7.87. The number of nitrogens with zero attached hydrogens (tertiary/aromatic N) is 4.